The summed E-state index contributed by atoms with van der Waals surface area (Å²) in [6.45, 7) is 1.83. The van der Waals surface area contributed by atoms with Gasteiger partial charge < -0.3 is 9.84 Å². The molecule has 0 radical (unpaired) electrons. The van der Waals surface area contributed by atoms with Crippen LogP contribution in [0.25, 0.3) is 10.8 Å². The molecule has 114 valence electrons. The SMILES string of the molecule is CCOC(=O)C(N=Nc1cccc2ccccc12)=C(O)CCl. The standard InChI is InChI=1S/C16H15ClN2O3/c1-2-22-16(21)15(14(20)10-17)19-18-13-9-5-7-11-6-3-4-8-12(11)13/h3-9,20H,2,10H2,1H3. The van der Waals surface area contributed by atoms with Crippen LogP contribution in [0, 0.1) is 0 Å². The van der Waals surface area contributed by atoms with Crippen molar-refractivity contribution >= 4 is 34.0 Å². The highest BCUT2D eigenvalue weighted by atomic mass is 35.5. The lowest BCUT2D eigenvalue weighted by atomic mass is 10.1. The number of benzene rings is 2. The van der Waals surface area contributed by atoms with Crippen LogP contribution in [0.5, 0.6) is 0 Å². The maximum Gasteiger partial charge on any atom is 0.362 e. The van der Waals surface area contributed by atoms with Gasteiger partial charge in [0.2, 0.25) is 5.70 Å². The third-order valence-corrected chi connectivity index (χ3v) is 3.15. The molecule has 0 bridgehead atoms. The maximum atomic E-state index is 11.8. The zero-order chi connectivity index (χ0) is 15.9. The van der Waals surface area contributed by atoms with Gasteiger partial charge in [-0.25, -0.2) is 4.79 Å². The number of fused-ring (bicyclic) bond motifs is 1. The van der Waals surface area contributed by atoms with Crippen LogP contribution in [0.1, 0.15) is 6.92 Å². The lowest BCUT2D eigenvalue weighted by Crippen LogP contribution is -2.09. The van der Waals surface area contributed by atoms with Crippen molar-refractivity contribution < 1.29 is 14.6 Å². The molecule has 22 heavy (non-hydrogen) atoms. The minimum atomic E-state index is -0.760. The number of hydrogen-bond donors (Lipinski definition) is 1. The van der Waals surface area contributed by atoms with Crippen molar-refractivity contribution in [3.63, 3.8) is 0 Å². The van der Waals surface area contributed by atoms with E-state index in [0.29, 0.717) is 5.69 Å². The smallest absolute Gasteiger partial charge is 0.362 e. The Morgan fingerprint density at radius 1 is 1.23 bits per heavy atom. The van der Waals surface area contributed by atoms with Crippen LogP contribution < -0.4 is 0 Å². The Labute approximate surface area is 132 Å². The van der Waals surface area contributed by atoms with E-state index in [0.717, 1.165) is 10.8 Å². The van der Waals surface area contributed by atoms with Crippen molar-refractivity contribution in [1.29, 1.82) is 0 Å². The summed E-state index contributed by atoms with van der Waals surface area (Å²) in [5.41, 5.74) is 0.298. The molecule has 0 heterocycles. The van der Waals surface area contributed by atoms with Gasteiger partial charge in [0.1, 0.15) is 5.76 Å². The summed E-state index contributed by atoms with van der Waals surface area (Å²) in [4.78, 5) is 11.8. The maximum absolute atomic E-state index is 11.8. The van der Waals surface area contributed by atoms with Gasteiger partial charge in [-0.05, 0) is 18.4 Å². The first kappa shape index (κ1) is 16.0. The minimum absolute atomic E-state index is 0.168. The number of halogens is 1. The molecule has 2 aromatic carbocycles. The Hall–Kier alpha value is -2.40. The molecule has 0 aromatic heterocycles. The highest BCUT2D eigenvalue weighted by molar-refractivity contribution is 6.19. The van der Waals surface area contributed by atoms with Gasteiger partial charge in [0.15, 0.2) is 0 Å². The Morgan fingerprint density at radius 2 is 1.95 bits per heavy atom. The first-order valence-electron chi connectivity index (χ1n) is 6.72. The molecule has 0 atom stereocenters. The van der Waals surface area contributed by atoms with Gasteiger partial charge in [0.25, 0.3) is 0 Å². The Morgan fingerprint density at radius 3 is 2.68 bits per heavy atom. The largest absolute Gasteiger partial charge is 0.508 e. The summed E-state index contributed by atoms with van der Waals surface area (Å²) < 4.78 is 4.83. The number of rotatable bonds is 5. The number of aliphatic hydroxyl groups excluding tert-OH is 1. The van der Waals surface area contributed by atoms with Gasteiger partial charge in [0.05, 0.1) is 18.2 Å². The average molecular weight is 319 g/mol. The summed E-state index contributed by atoms with van der Waals surface area (Å²) >= 11 is 5.55. The second-order valence-corrected chi connectivity index (χ2v) is 4.61. The Kier molecular flexibility index (Phi) is 5.49. The van der Waals surface area contributed by atoms with E-state index in [4.69, 9.17) is 16.3 Å². The van der Waals surface area contributed by atoms with Crippen LogP contribution in [-0.4, -0.2) is 23.6 Å². The van der Waals surface area contributed by atoms with Gasteiger partial charge in [-0.1, -0.05) is 36.4 Å². The number of carbonyl (C=O) groups excluding carboxylic acids is 1. The second kappa shape index (κ2) is 7.56. The number of carbonyl (C=O) groups is 1. The number of alkyl halides is 1. The normalized spacial score (nSPS) is 12.5. The molecule has 5 nitrogen and oxygen atoms in total. The van der Waals surface area contributed by atoms with Gasteiger partial charge in [-0.15, -0.1) is 21.8 Å². The number of aliphatic hydroxyl groups is 1. The van der Waals surface area contributed by atoms with Crippen LogP contribution in [-0.2, 0) is 9.53 Å². The predicted molar refractivity (Wildman–Crippen MR) is 85.5 cm³/mol. The fourth-order valence-electron chi connectivity index (χ4n) is 1.88. The van der Waals surface area contributed by atoms with E-state index in [9.17, 15) is 9.90 Å². The fraction of sp³-hybridized carbons (Fsp3) is 0.188. The van der Waals surface area contributed by atoms with E-state index in [1.54, 1.807) is 13.0 Å². The average Bonchev–Trinajstić information content (AvgIpc) is 2.55. The Bertz CT molecular complexity index is 736. The number of azo groups is 1. The van der Waals surface area contributed by atoms with Crippen LogP contribution in [0.4, 0.5) is 5.69 Å². The van der Waals surface area contributed by atoms with Crippen molar-refractivity contribution in [3.05, 3.63) is 53.9 Å². The van der Waals surface area contributed by atoms with Gasteiger partial charge >= 0.3 is 5.97 Å². The van der Waals surface area contributed by atoms with Crippen LogP contribution in [0.2, 0.25) is 0 Å². The molecular weight excluding hydrogens is 304 g/mol. The highest BCUT2D eigenvalue weighted by Crippen LogP contribution is 2.26. The van der Waals surface area contributed by atoms with E-state index in [1.165, 1.54) is 0 Å². The summed E-state index contributed by atoms with van der Waals surface area (Å²) in [6.07, 6.45) is 0. The third-order valence-electron chi connectivity index (χ3n) is 2.89. The molecule has 0 saturated heterocycles. The number of esters is 1. The van der Waals surface area contributed by atoms with Gasteiger partial charge in [-0.2, -0.15) is 0 Å². The molecule has 0 saturated carbocycles. The zero-order valence-corrected chi connectivity index (χ0v) is 12.7. The molecule has 6 heteroatoms. The summed E-state index contributed by atoms with van der Waals surface area (Å²) in [7, 11) is 0. The number of hydrogen-bond acceptors (Lipinski definition) is 5. The first-order valence-corrected chi connectivity index (χ1v) is 7.25. The number of nitrogens with zero attached hydrogens (tertiary/aromatic N) is 2. The van der Waals surface area contributed by atoms with E-state index < -0.39 is 5.97 Å². The molecule has 0 fully saturated rings. The van der Waals surface area contributed by atoms with E-state index in [2.05, 4.69) is 10.2 Å². The summed E-state index contributed by atoms with van der Waals surface area (Å²) in [6, 6.07) is 13.2. The van der Waals surface area contributed by atoms with Crippen molar-refractivity contribution in [3.8, 4) is 0 Å². The molecule has 0 aliphatic rings. The van der Waals surface area contributed by atoms with Gasteiger partial charge in [-0.3, -0.25) is 0 Å². The molecule has 0 aliphatic heterocycles. The molecule has 0 spiro atoms. The molecule has 2 aromatic rings. The summed E-state index contributed by atoms with van der Waals surface area (Å²) in [5.74, 6) is -1.38. The molecule has 1 N–H and O–H groups in total. The lowest BCUT2D eigenvalue weighted by Gasteiger charge is -2.04. The molecular formula is C16H15ClN2O3. The quantitative estimate of drug-likeness (QED) is 0.290. The number of allylic oxidation sites excluding steroid dienone is 1. The van der Waals surface area contributed by atoms with Crippen LogP contribution in [0.3, 0.4) is 0 Å². The highest BCUT2D eigenvalue weighted by Gasteiger charge is 2.16. The van der Waals surface area contributed by atoms with E-state index in [-0.39, 0.29) is 23.9 Å². The minimum Gasteiger partial charge on any atom is -0.508 e. The zero-order valence-electron chi connectivity index (χ0n) is 12.0. The topological polar surface area (TPSA) is 71.2 Å². The van der Waals surface area contributed by atoms with Gasteiger partial charge in [0, 0.05) is 5.39 Å². The van der Waals surface area contributed by atoms with Crippen molar-refractivity contribution in [2.75, 3.05) is 12.5 Å². The summed E-state index contributed by atoms with van der Waals surface area (Å²) in [5, 5.41) is 19.5. The molecule has 2 rings (SSSR count). The molecule has 0 unspecified atom stereocenters. The third kappa shape index (κ3) is 3.62. The van der Waals surface area contributed by atoms with E-state index in [1.807, 2.05) is 36.4 Å². The van der Waals surface area contributed by atoms with Crippen molar-refractivity contribution in [1.82, 2.24) is 0 Å². The van der Waals surface area contributed by atoms with Crippen molar-refractivity contribution in [2.45, 2.75) is 6.92 Å². The molecule has 0 amide bonds. The van der Waals surface area contributed by atoms with Crippen LogP contribution >= 0.6 is 11.6 Å². The molecule has 0 aliphatic carbocycles. The lowest BCUT2D eigenvalue weighted by molar-refractivity contribution is -0.138. The monoisotopic (exact) mass is 318 g/mol. The first-order chi connectivity index (χ1) is 10.7. The van der Waals surface area contributed by atoms with Crippen molar-refractivity contribution in [2.24, 2.45) is 10.2 Å². The number of ether oxygens (including phenoxy) is 1. The predicted octanol–water partition coefficient (Wildman–Crippen LogP) is 4.50. The van der Waals surface area contributed by atoms with Crippen LogP contribution in [0.15, 0.2) is 64.1 Å². The Balaban J connectivity index is 2.41. The fourth-order valence-corrected chi connectivity index (χ4v) is 2.01. The van der Waals surface area contributed by atoms with E-state index >= 15 is 0 Å². The second-order valence-electron chi connectivity index (χ2n) is 4.35.